The molecule has 2 N–H and O–H groups in total. The SMILES string of the molecule is O=[N+]([O-])c1cc(NCc2ccc(Br)cc2)ccc1Sc1ccc(O)cc1. The number of nitrogens with zero attached hydrogens (tertiary/aromatic N) is 1. The molecule has 0 unspecified atom stereocenters. The van der Waals surface area contributed by atoms with Gasteiger partial charge < -0.3 is 10.4 Å². The number of anilines is 1. The van der Waals surface area contributed by atoms with Crippen LogP contribution >= 0.6 is 27.7 Å². The Morgan fingerprint density at radius 2 is 1.73 bits per heavy atom. The number of nitrogens with one attached hydrogen (secondary N) is 1. The van der Waals surface area contributed by atoms with Crippen molar-refractivity contribution in [2.75, 3.05) is 5.32 Å². The molecule has 3 rings (SSSR count). The van der Waals surface area contributed by atoms with Gasteiger partial charge in [-0.05, 0) is 54.1 Å². The zero-order valence-corrected chi connectivity index (χ0v) is 16.0. The number of phenolic OH excluding ortho intramolecular Hbond substituents is 1. The van der Waals surface area contributed by atoms with Crippen molar-refractivity contribution in [2.24, 2.45) is 0 Å². The van der Waals surface area contributed by atoms with Gasteiger partial charge in [0.2, 0.25) is 0 Å². The number of rotatable bonds is 6. The van der Waals surface area contributed by atoms with Crippen LogP contribution in [-0.4, -0.2) is 10.0 Å². The summed E-state index contributed by atoms with van der Waals surface area (Å²) < 4.78 is 1.01. The van der Waals surface area contributed by atoms with Crippen LogP contribution in [-0.2, 0) is 6.54 Å². The van der Waals surface area contributed by atoms with Gasteiger partial charge in [0.25, 0.3) is 5.69 Å². The normalized spacial score (nSPS) is 10.5. The van der Waals surface area contributed by atoms with Crippen molar-refractivity contribution >= 4 is 39.1 Å². The van der Waals surface area contributed by atoms with Crippen LogP contribution in [0.3, 0.4) is 0 Å². The van der Waals surface area contributed by atoms with Crippen LogP contribution in [0.15, 0.2) is 81.0 Å². The molecule has 7 heteroatoms. The first-order chi connectivity index (χ1) is 12.5. The molecule has 132 valence electrons. The minimum atomic E-state index is -0.381. The topological polar surface area (TPSA) is 75.4 Å². The van der Waals surface area contributed by atoms with Crippen molar-refractivity contribution in [3.8, 4) is 5.75 Å². The molecule has 0 amide bonds. The van der Waals surface area contributed by atoms with Gasteiger partial charge in [0, 0.05) is 27.7 Å². The van der Waals surface area contributed by atoms with Crippen molar-refractivity contribution < 1.29 is 10.0 Å². The van der Waals surface area contributed by atoms with E-state index in [1.165, 1.54) is 11.8 Å². The van der Waals surface area contributed by atoms with Crippen LogP contribution in [0, 0.1) is 10.1 Å². The minimum absolute atomic E-state index is 0.0453. The predicted molar refractivity (Wildman–Crippen MR) is 107 cm³/mol. The molecule has 0 bridgehead atoms. The summed E-state index contributed by atoms with van der Waals surface area (Å²) in [6.07, 6.45) is 0. The maximum atomic E-state index is 11.4. The van der Waals surface area contributed by atoms with Crippen LogP contribution in [0.1, 0.15) is 5.56 Å². The van der Waals surface area contributed by atoms with Crippen LogP contribution in [0.25, 0.3) is 0 Å². The molecule has 0 aliphatic rings. The van der Waals surface area contributed by atoms with E-state index in [1.54, 1.807) is 36.4 Å². The van der Waals surface area contributed by atoms with Gasteiger partial charge in [-0.15, -0.1) is 0 Å². The maximum Gasteiger partial charge on any atom is 0.285 e. The molecule has 0 aliphatic heterocycles. The maximum absolute atomic E-state index is 11.4. The number of nitro benzene ring substituents is 1. The highest BCUT2D eigenvalue weighted by atomic mass is 79.9. The second-order valence-electron chi connectivity index (χ2n) is 5.52. The molecular formula is C19H15BrN2O3S. The molecule has 3 aromatic carbocycles. The van der Waals surface area contributed by atoms with Crippen LogP contribution in [0.4, 0.5) is 11.4 Å². The van der Waals surface area contributed by atoms with Crippen LogP contribution in [0.2, 0.25) is 0 Å². The van der Waals surface area contributed by atoms with E-state index in [-0.39, 0.29) is 16.4 Å². The fourth-order valence-electron chi connectivity index (χ4n) is 2.30. The Morgan fingerprint density at radius 1 is 1.04 bits per heavy atom. The number of hydrogen-bond acceptors (Lipinski definition) is 5. The number of hydrogen-bond donors (Lipinski definition) is 2. The lowest BCUT2D eigenvalue weighted by Crippen LogP contribution is -2.00. The average Bonchev–Trinajstić information content (AvgIpc) is 2.64. The van der Waals surface area contributed by atoms with E-state index in [0.717, 1.165) is 14.9 Å². The highest BCUT2D eigenvalue weighted by Crippen LogP contribution is 2.37. The summed E-state index contributed by atoms with van der Waals surface area (Å²) in [6, 6.07) is 19.6. The van der Waals surface area contributed by atoms with E-state index in [4.69, 9.17) is 0 Å². The lowest BCUT2D eigenvalue weighted by Gasteiger charge is -2.09. The van der Waals surface area contributed by atoms with Gasteiger partial charge in [-0.2, -0.15) is 0 Å². The first kappa shape index (κ1) is 18.3. The molecule has 0 heterocycles. The van der Waals surface area contributed by atoms with Crippen molar-refractivity contribution in [3.05, 3.63) is 86.9 Å². The molecule has 0 saturated heterocycles. The van der Waals surface area contributed by atoms with E-state index >= 15 is 0 Å². The van der Waals surface area contributed by atoms with Gasteiger partial charge in [-0.1, -0.05) is 39.8 Å². The summed E-state index contributed by atoms with van der Waals surface area (Å²) in [5.41, 5.74) is 1.82. The first-order valence-electron chi connectivity index (χ1n) is 7.75. The smallest absolute Gasteiger partial charge is 0.285 e. The molecular weight excluding hydrogens is 416 g/mol. The molecule has 5 nitrogen and oxygen atoms in total. The first-order valence-corrected chi connectivity index (χ1v) is 9.36. The van der Waals surface area contributed by atoms with Crippen molar-refractivity contribution in [1.82, 2.24) is 0 Å². The summed E-state index contributed by atoms with van der Waals surface area (Å²) in [6.45, 7) is 0.578. The molecule has 26 heavy (non-hydrogen) atoms. The van der Waals surface area contributed by atoms with Gasteiger partial charge in [0.15, 0.2) is 0 Å². The third kappa shape index (κ3) is 4.77. The van der Waals surface area contributed by atoms with E-state index in [2.05, 4.69) is 21.2 Å². The van der Waals surface area contributed by atoms with Gasteiger partial charge in [0.1, 0.15) is 5.75 Å². The minimum Gasteiger partial charge on any atom is -0.508 e. The molecule has 3 aromatic rings. The lowest BCUT2D eigenvalue weighted by atomic mass is 10.2. The quantitative estimate of drug-likeness (QED) is 0.380. The van der Waals surface area contributed by atoms with Crippen molar-refractivity contribution in [2.45, 2.75) is 16.3 Å². The summed E-state index contributed by atoms with van der Waals surface area (Å²) in [5, 5.41) is 24.0. The van der Waals surface area contributed by atoms with Gasteiger partial charge in [-0.3, -0.25) is 10.1 Å². The Bertz CT molecular complexity index is 915. The fraction of sp³-hybridized carbons (Fsp3) is 0.0526. The number of nitro groups is 1. The molecule has 0 aromatic heterocycles. The number of phenols is 1. The lowest BCUT2D eigenvalue weighted by molar-refractivity contribution is -0.387. The summed E-state index contributed by atoms with van der Waals surface area (Å²) >= 11 is 4.68. The average molecular weight is 431 g/mol. The molecule has 0 spiro atoms. The molecule has 0 atom stereocenters. The second-order valence-corrected chi connectivity index (χ2v) is 7.55. The molecule has 0 fully saturated rings. The third-order valence-electron chi connectivity index (χ3n) is 3.63. The Balaban J connectivity index is 1.76. The Morgan fingerprint density at radius 3 is 2.38 bits per heavy atom. The standard InChI is InChI=1S/C19H15BrN2O3S/c20-14-3-1-13(2-4-14)12-21-15-5-10-19(18(11-15)22(24)25)26-17-8-6-16(23)7-9-17/h1-11,21,23H,12H2. The Labute approximate surface area is 163 Å². The van der Waals surface area contributed by atoms with E-state index in [1.807, 2.05) is 30.3 Å². The zero-order valence-electron chi connectivity index (χ0n) is 13.6. The van der Waals surface area contributed by atoms with Crippen LogP contribution < -0.4 is 5.32 Å². The van der Waals surface area contributed by atoms with Crippen LogP contribution in [0.5, 0.6) is 5.75 Å². The predicted octanol–water partition coefficient (Wildman–Crippen LogP) is 5.83. The van der Waals surface area contributed by atoms with Gasteiger partial charge in [0.05, 0.1) is 9.82 Å². The highest BCUT2D eigenvalue weighted by molar-refractivity contribution is 9.10. The third-order valence-corrected chi connectivity index (χ3v) is 5.23. The molecule has 0 aliphatic carbocycles. The number of benzene rings is 3. The zero-order chi connectivity index (χ0) is 18.5. The van der Waals surface area contributed by atoms with E-state index < -0.39 is 0 Å². The molecule has 0 radical (unpaired) electrons. The summed E-state index contributed by atoms with van der Waals surface area (Å²) in [7, 11) is 0. The number of halogens is 1. The van der Waals surface area contributed by atoms with E-state index in [9.17, 15) is 15.2 Å². The van der Waals surface area contributed by atoms with Crippen molar-refractivity contribution in [1.29, 1.82) is 0 Å². The fourth-order valence-corrected chi connectivity index (χ4v) is 3.47. The van der Waals surface area contributed by atoms with Crippen molar-refractivity contribution in [3.63, 3.8) is 0 Å². The van der Waals surface area contributed by atoms with Gasteiger partial charge >= 0.3 is 0 Å². The number of aromatic hydroxyl groups is 1. The van der Waals surface area contributed by atoms with E-state index in [0.29, 0.717) is 17.1 Å². The Hall–Kier alpha value is -2.51. The highest BCUT2D eigenvalue weighted by Gasteiger charge is 2.16. The largest absolute Gasteiger partial charge is 0.508 e. The molecule has 0 saturated carbocycles. The summed E-state index contributed by atoms with van der Waals surface area (Å²) in [4.78, 5) is 12.4. The van der Waals surface area contributed by atoms with Gasteiger partial charge in [-0.25, -0.2) is 0 Å². The second kappa shape index (κ2) is 8.25. The summed E-state index contributed by atoms with van der Waals surface area (Å²) in [5.74, 6) is 0.163. The Kier molecular flexibility index (Phi) is 5.80. The monoisotopic (exact) mass is 430 g/mol.